The minimum absolute atomic E-state index is 0.0568. The van der Waals surface area contributed by atoms with Crippen LogP contribution in [0.5, 0.6) is 0 Å². The van der Waals surface area contributed by atoms with Crippen molar-refractivity contribution in [3.63, 3.8) is 0 Å². The van der Waals surface area contributed by atoms with Crippen LogP contribution in [-0.2, 0) is 14.4 Å². The van der Waals surface area contributed by atoms with Crippen molar-refractivity contribution < 1.29 is 19.2 Å². The van der Waals surface area contributed by atoms with Crippen molar-refractivity contribution in [2.75, 3.05) is 31.6 Å². The maximum Gasteiger partial charge on any atom is 0.256 e. The molecule has 9 nitrogen and oxygen atoms in total. The molecule has 4 aliphatic rings. The van der Waals surface area contributed by atoms with Gasteiger partial charge in [-0.1, -0.05) is 12.8 Å². The molecular weight excluding hydrogens is 410 g/mol. The Bertz CT molecular complexity index is 947. The Morgan fingerprint density at radius 1 is 1.12 bits per heavy atom. The van der Waals surface area contributed by atoms with E-state index in [0.717, 1.165) is 25.7 Å². The summed E-state index contributed by atoms with van der Waals surface area (Å²) in [7, 11) is 1.92. The number of anilines is 1. The number of nitrogens with one attached hydrogen (secondary N) is 1. The molecule has 170 valence electrons. The Kier molecular flexibility index (Phi) is 5.14. The van der Waals surface area contributed by atoms with E-state index < -0.39 is 5.66 Å². The molecule has 32 heavy (non-hydrogen) atoms. The zero-order valence-corrected chi connectivity index (χ0v) is 18.4. The second kappa shape index (κ2) is 7.86. The minimum Gasteiger partial charge on any atom is -0.342 e. The first-order chi connectivity index (χ1) is 15.4. The molecule has 0 radical (unpaired) electrons. The van der Waals surface area contributed by atoms with E-state index in [0.29, 0.717) is 37.3 Å². The quantitative estimate of drug-likeness (QED) is 0.709. The molecule has 0 bridgehead atoms. The summed E-state index contributed by atoms with van der Waals surface area (Å²) in [5, 5.41) is 3.13. The van der Waals surface area contributed by atoms with E-state index >= 15 is 0 Å². The summed E-state index contributed by atoms with van der Waals surface area (Å²) in [4.78, 5) is 60.2. The summed E-state index contributed by atoms with van der Waals surface area (Å²) in [5.41, 5.74) is -0.00847. The Morgan fingerprint density at radius 3 is 2.44 bits per heavy atom. The molecule has 0 unspecified atom stereocenters. The number of hydrogen-bond acceptors (Lipinski definition) is 6. The van der Waals surface area contributed by atoms with Crippen LogP contribution in [-0.4, -0.2) is 70.8 Å². The van der Waals surface area contributed by atoms with Gasteiger partial charge in [-0.15, -0.1) is 0 Å². The third kappa shape index (κ3) is 3.25. The average molecular weight is 440 g/mol. The molecule has 2 atom stereocenters. The highest BCUT2D eigenvalue weighted by Gasteiger charge is 2.48. The summed E-state index contributed by atoms with van der Waals surface area (Å²) < 4.78 is 0. The van der Waals surface area contributed by atoms with Gasteiger partial charge in [0, 0.05) is 52.1 Å². The predicted octanol–water partition coefficient (Wildman–Crippen LogP) is 1.15. The molecule has 3 fully saturated rings. The van der Waals surface area contributed by atoms with E-state index in [4.69, 9.17) is 0 Å². The van der Waals surface area contributed by atoms with Crippen LogP contribution in [0.3, 0.4) is 0 Å². The Balaban J connectivity index is 1.19. The fourth-order valence-electron chi connectivity index (χ4n) is 5.81. The molecule has 2 saturated heterocycles. The Hall–Kier alpha value is -2.97. The van der Waals surface area contributed by atoms with Gasteiger partial charge in [-0.25, -0.2) is 4.98 Å². The maximum atomic E-state index is 12.9. The number of carbonyl (C=O) groups is 4. The van der Waals surface area contributed by atoms with Gasteiger partial charge >= 0.3 is 0 Å². The third-order valence-electron chi connectivity index (χ3n) is 7.76. The number of aromatic nitrogens is 1. The molecule has 0 aromatic carbocycles. The number of nitrogens with zero attached hydrogens (tertiary/aromatic N) is 4. The van der Waals surface area contributed by atoms with Crippen molar-refractivity contribution in [3.05, 3.63) is 23.9 Å². The van der Waals surface area contributed by atoms with Crippen molar-refractivity contribution >= 4 is 29.4 Å². The van der Waals surface area contributed by atoms with E-state index in [-0.39, 0.29) is 48.4 Å². The second-order valence-corrected chi connectivity index (χ2v) is 9.38. The molecule has 1 aromatic heterocycles. The van der Waals surface area contributed by atoms with Crippen LogP contribution < -0.4 is 10.2 Å². The summed E-state index contributed by atoms with van der Waals surface area (Å²) in [6, 6.07) is 3.51. The zero-order valence-electron chi connectivity index (χ0n) is 18.4. The van der Waals surface area contributed by atoms with Gasteiger partial charge in [-0.2, -0.15) is 0 Å². The molecule has 1 aromatic rings. The number of imide groups is 1. The summed E-state index contributed by atoms with van der Waals surface area (Å²) in [5.74, 6) is -0.0856. The van der Waals surface area contributed by atoms with E-state index in [9.17, 15) is 19.2 Å². The smallest absolute Gasteiger partial charge is 0.256 e. The molecule has 3 aliphatic heterocycles. The van der Waals surface area contributed by atoms with Crippen LogP contribution in [0, 0.1) is 11.8 Å². The maximum absolute atomic E-state index is 12.9. The standard InChI is InChI=1S/C23H29N5O4/c1-26-19-17(7-4-11-24-19)20(30)25-23(26)9-13-27(14-10-23)18(29)8-12-28-21(31)15-5-2-3-6-16(15)22(28)32/h4,7,11,15-16H,2-3,5-6,8-10,12-14H2,1H3,(H,25,30)/t15-,16+. The topological polar surface area (TPSA) is 103 Å². The monoisotopic (exact) mass is 439 g/mol. The van der Waals surface area contributed by atoms with Crippen LogP contribution in [0.25, 0.3) is 0 Å². The van der Waals surface area contributed by atoms with Gasteiger partial charge in [0.15, 0.2) is 0 Å². The van der Waals surface area contributed by atoms with Gasteiger partial charge in [-0.05, 0) is 25.0 Å². The first kappa shape index (κ1) is 20.9. The number of hydrogen-bond donors (Lipinski definition) is 1. The van der Waals surface area contributed by atoms with Crippen molar-refractivity contribution in [2.24, 2.45) is 11.8 Å². The largest absolute Gasteiger partial charge is 0.342 e. The predicted molar refractivity (Wildman–Crippen MR) is 115 cm³/mol. The third-order valence-corrected chi connectivity index (χ3v) is 7.76. The SMILES string of the molecule is CN1c2ncccc2C(=O)NC12CCN(C(=O)CCN1C(=O)[C@H]3CCCC[C@H]3C1=O)CC2. The number of fused-ring (bicyclic) bond motifs is 2. The van der Waals surface area contributed by atoms with Gasteiger partial charge in [-0.3, -0.25) is 24.1 Å². The molecular formula is C23H29N5O4. The van der Waals surface area contributed by atoms with Crippen molar-refractivity contribution in [1.82, 2.24) is 20.1 Å². The number of rotatable bonds is 3. The summed E-state index contributed by atoms with van der Waals surface area (Å²) in [6.07, 6.45) is 6.55. The van der Waals surface area contributed by atoms with E-state index in [1.165, 1.54) is 4.90 Å². The fourth-order valence-corrected chi connectivity index (χ4v) is 5.81. The minimum atomic E-state index is -0.564. The lowest BCUT2D eigenvalue weighted by atomic mass is 9.81. The zero-order chi connectivity index (χ0) is 22.5. The fraction of sp³-hybridized carbons (Fsp3) is 0.609. The molecule has 1 saturated carbocycles. The van der Waals surface area contributed by atoms with Crippen LogP contribution in [0.15, 0.2) is 18.3 Å². The lowest BCUT2D eigenvalue weighted by Crippen LogP contribution is -2.67. The summed E-state index contributed by atoms with van der Waals surface area (Å²) in [6.45, 7) is 1.16. The number of likely N-dealkylation sites (tertiary alicyclic amines) is 2. The molecule has 1 spiro atoms. The molecule has 9 heteroatoms. The molecule has 4 heterocycles. The number of amides is 4. The first-order valence-electron chi connectivity index (χ1n) is 11.6. The number of piperidine rings is 1. The van der Waals surface area contributed by atoms with Gasteiger partial charge in [0.05, 0.1) is 17.4 Å². The normalized spacial score (nSPS) is 26.8. The van der Waals surface area contributed by atoms with Crippen molar-refractivity contribution in [2.45, 2.75) is 50.6 Å². The molecule has 1 aliphatic carbocycles. The highest BCUT2D eigenvalue weighted by atomic mass is 16.2. The van der Waals surface area contributed by atoms with E-state index in [1.54, 1.807) is 23.2 Å². The summed E-state index contributed by atoms with van der Waals surface area (Å²) >= 11 is 0. The number of pyridine rings is 1. The lowest BCUT2D eigenvalue weighted by Gasteiger charge is -2.50. The van der Waals surface area contributed by atoms with Crippen LogP contribution in [0.4, 0.5) is 5.82 Å². The van der Waals surface area contributed by atoms with Crippen molar-refractivity contribution in [3.8, 4) is 0 Å². The van der Waals surface area contributed by atoms with E-state index in [1.807, 2.05) is 11.9 Å². The van der Waals surface area contributed by atoms with Gasteiger partial charge in [0.1, 0.15) is 11.5 Å². The highest BCUT2D eigenvalue weighted by Crippen LogP contribution is 2.38. The average Bonchev–Trinajstić information content (AvgIpc) is 3.06. The highest BCUT2D eigenvalue weighted by molar-refractivity contribution is 6.05. The lowest BCUT2D eigenvalue weighted by molar-refractivity contribution is -0.141. The van der Waals surface area contributed by atoms with Gasteiger partial charge in [0.25, 0.3) is 5.91 Å². The van der Waals surface area contributed by atoms with Crippen LogP contribution >= 0.6 is 0 Å². The Labute approximate surface area is 187 Å². The number of carbonyl (C=O) groups excluding carboxylic acids is 4. The second-order valence-electron chi connectivity index (χ2n) is 9.38. The Morgan fingerprint density at radius 2 is 1.78 bits per heavy atom. The van der Waals surface area contributed by atoms with E-state index in [2.05, 4.69) is 10.3 Å². The van der Waals surface area contributed by atoms with Crippen molar-refractivity contribution in [1.29, 1.82) is 0 Å². The molecule has 1 N–H and O–H groups in total. The molecule has 5 rings (SSSR count). The van der Waals surface area contributed by atoms with Crippen LogP contribution in [0.2, 0.25) is 0 Å². The first-order valence-corrected chi connectivity index (χ1v) is 11.6. The van der Waals surface area contributed by atoms with Gasteiger partial charge < -0.3 is 15.1 Å². The van der Waals surface area contributed by atoms with Gasteiger partial charge in [0.2, 0.25) is 17.7 Å². The molecule has 4 amide bonds. The van der Waals surface area contributed by atoms with Crippen LogP contribution in [0.1, 0.15) is 55.3 Å².